The average molecular weight is 350 g/mol. The summed E-state index contributed by atoms with van der Waals surface area (Å²) in [6.07, 6.45) is 4.04. The maximum atomic E-state index is 11.9. The van der Waals surface area contributed by atoms with Crippen LogP contribution in [0.15, 0.2) is 45.8 Å². The van der Waals surface area contributed by atoms with E-state index in [0.29, 0.717) is 19.2 Å². The number of anilines is 1. The number of nitrogens with zero attached hydrogens (tertiary/aromatic N) is 2. The van der Waals surface area contributed by atoms with Gasteiger partial charge in [0.2, 0.25) is 0 Å². The van der Waals surface area contributed by atoms with Gasteiger partial charge in [-0.3, -0.25) is 4.79 Å². The van der Waals surface area contributed by atoms with Crippen LogP contribution in [0.2, 0.25) is 0 Å². The Labute approximate surface area is 131 Å². The first-order valence-corrected chi connectivity index (χ1v) is 7.72. The van der Waals surface area contributed by atoms with Gasteiger partial charge < -0.3 is 10.1 Å². The fourth-order valence-corrected chi connectivity index (χ4v) is 2.19. The van der Waals surface area contributed by atoms with Crippen molar-refractivity contribution in [2.75, 3.05) is 11.9 Å². The lowest BCUT2D eigenvalue weighted by atomic mass is 10.3. The van der Waals surface area contributed by atoms with Crippen molar-refractivity contribution < 1.29 is 4.74 Å². The van der Waals surface area contributed by atoms with Crippen molar-refractivity contribution >= 4 is 21.6 Å². The molecular formula is C15H16BrN3O2. The minimum absolute atomic E-state index is 0.111. The van der Waals surface area contributed by atoms with Crippen molar-refractivity contribution in [1.82, 2.24) is 9.78 Å². The quantitative estimate of drug-likeness (QED) is 0.870. The first-order chi connectivity index (χ1) is 10.2. The van der Waals surface area contributed by atoms with Gasteiger partial charge in [-0.15, -0.1) is 0 Å². The minimum Gasteiger partial charge on any atom is -0.492 e. The van der Waals surface area contributed by atoms with Crippen LogP contribution in [0.3, 0.4) is 0 Å². The van der Waals surface area contributed by atoms with E-state index in [9.17, 15) is 4.79 Å². The Bertz CT molecular complexity index is 665. The summed E-state index contributed by atoms with van der Waals surface area (Å²) in [6.45, 7) is 0.836. The van der Waals surface area contributed by atoms with Crippen molar-refractivity contribution in [2.24, 2.45) is 0 Å². The summed E-state index contributed by atoms with van der Waals surface area (Å²) in [4.78, 5) is 11.9. The number of halogens is 1. The summed E-state index contributed by atoms with van der Waals surface area (Å²) in [5.74, 6) is 0.776. The first-order valence-electron chi connectivity index (χ1n) is 6.93. The molecule has 1 fully saturated rings. The predicted molar refractivity (Wildman–Crippen MR) is 84.8 cm³/mol. The van der Waals surface area contributed by atoms with Crippen LogP contribution in [0.5, 0.6) is 5.75 Å². The molecule has 0 amide bonds. The molecule has 0 atom stereocenters. The second-order valence-corrected chi connectivity index (χ2v) is 5.94. The Morgan fingerprint density at radius 3 is 2.76 bits per heavy atom. The van der Waals surface area contributed by atoms with E-state index in [2.05, 4.69) is 26.3 Å². The second kappa shape index (κ2) is 6.30. The highest BCUT2D eigenvalue weighted by Crippen LogP contribution is 2.23. The van der Waals surface area contributed by atoms with Gasteiger partial charge in [-0.05, 0) is 37.1 Å². The summed E-state index contributed by atoms with van der Waals surface area (Å²) < 4.78 is 8.01. The van der Waals surface area contributed by atoms with Gasteiger partial charge in [-0.2, -0.15) is 5.10 Å². The summed E-state index contributed by atoms with van der Waals surface area (Å²) >= 11 is 3.37. The normalized spacial score (nSPS) is 14.0. The number of nitrogens with one attached hydrogen (secondary N) is 1. The van der Waals surface area contributed by atoms with Gasteiger partial charge in [0, 0.05) is 16.6 Å². The highest BCUT2D eigenvalue weighted by Gasteiger charge is 2.20. The van der Waals surface area contributed by atoms with E-state index in [1.807, 2.05) is 24.3 Å². The number of hydrogen-bond acceptors (Lipinski definition) is 4. The van der Waals surface area contributed by atoms with Crippen LogP contribution in [0.4, 0.5) is 5.69 Å². The molecule has 1 aliphatic carbocycles. The Morgan fingerprint density at radius 1 is 1.33 bits per heavy atom. The summed E-state index contributed by atoms with van der Waals surface area (Å²) in [5, 5.41) is 7.42. The zero-order valence-corrected chi connectivity index (χ0v) is 13.0. The lowest BCUT2D eigenvalue weighted by Crippen LogP contribution is -2.25. The zero-order valence-electron chi connectivity index (χ0n) is 11.5. The second-order valence-electron chi connectivity index (χ2n) is 5.03. The molecule has 110 valence electrons. The highest BCUT2D eigenvalue weighted by atomic mass is 79.9. The highest BCUT2D eigenvalue weighted by molar-refractivity contribution is 9.10. The number of ether oxygens (including phenoxy) is 1. The van der Waals surface area contributed by atoms with Gasteiger partial charge in [-0.25, -0.2) is 4.68 Å². The zero-order chi connectivity index (χ0) is 14.7. The maximum Gasteiger partial charge on any atom is 0.268 e. The third kappa shape index (κ3) is 4.07. The average Bonchev–Trinajstić information content (AvgIpc) is 3.27. The molecule has 6 heteroatoms. The van der Waals surface area contributed by atoms with Crippen LogP contribution in [0, 0.1) is 0 Å². The van der Waals surface area contributed by atoms with Crippen molar-refractivity contribution in [3.8, 4) is 5.75 Å². The number of hydrogen-bond donors (Lipinski definition) is 1. The van der Waals surface area contributed by atoms with Crippen LogP contribution in [-0.2, 0) is 6.54 Å². The van der Waals surface area contributed by atoms with Gasteiger partial charge >= 0.3 is 0 Å². The van der Waals surface area contributed by atoms with Crippen LogP contribution in [0.1, 0.15) is 12.8 Å². The van der Waals surface area contributed by atoms with Gasteiger partial charge in [0.25, 0.3) is 5.56 Å². The fourth-order valence-electron chi connectivity index (χ4n) is 1.92. The molecule has 1 aliphatic rings. The fraction of sp³-hybridized carbons (Fsp3) is 0.333. The molecule has 0 bridgehead atoms. The molecule has 1 saturated carbocycles. The third-order valence-corrected chi connectivity index (χ3v) is 3.73. The summed E-state index contributed by atoms with van der Waals surface area (Å²) in [5.41, 5.74) is 0.688. The standard InChI is InChI=1S/C15H16BrN3O2/c16-11-1-5-14(6-2-11)21-8-7-19-15(20)9-13(10-17-19)18-12-3-4-12/h1-2,5-6,9-10,12,18H,3-4,7-8H2. The van der Waals surface area contributed by atoms with Crippen LogP contribution in [-0.4, -0.2) is 22.4 Å². The van der Waals surface area contributed by atoms with Crippen LogP contribution < -0.4 is 15.6 Å². The van der Waals surface area contributed by atoms with E-state index in [4.69, 9.17) is 4.74 Å². The molecule has 0 saturated heterocycles. The van der Waals surface area contributed by atoms with E-state index < -0.39 is 0 Å². The van der Waals surface area contributed by atoms with E-state index in [-0.39, 0.29) is 5.56 Å². The lowest BCUT2D eigenvalue weighted by Gasteiger charge is -2.09. The molecule has 1 N–H and O–H groups in total. The molecule has 0 aliphatic heterocycles. The summed E-state index contributed by atoms with van der Waals surface area (Å²) in [6, 6.07) is 9.69. The molecule has 1 aromatic heterocycles. The van der Waals surface area contributed by atoms with Crippen LogP contribution in [0.25, 0.3) is 0 Å². The van der Waals surface area contributed by atoms with E-state index in [1.54, 1.807) is 12.3 Å². The molecule has 0 radical (unpaired) electrons. The topological polar surface area (TPSA) is 56.2 Å². The first kappa shape index (κ1) is 14.1. The lowest BCUT2D eigenvalue weighted by molar-refractivity contribution is 0.288. The molecule has 3 rings (SSSR count). The minimum atomic E-state index is -0.111. The molecule has 2 aromatic rings. The van der Waals surface area contributed by atoms with Crippen molar-refractivity contribution in [1.29, 1.82) is 0 Å². The molecular weight excluding hydrogens is 334 g/mol. The monoisotopic (exact) mass is 349 g/mol. The molecule has 1 heterocycles. The van der Waals surface area contributed by atoms with E-state index >= 15 is 0 Å². The van der Waals surface area contributed by atoms with Gasteiger partial charge in [0.05, 0.1) is 18.4 Å². The third-order valence-electron chi connectivity index (χ3n) is 3.20. The number of rotatable bonds is 6. The Kier molecular flexibility index (Phi) is 4.24. The Balaban J connectivity index is 1.54. The van der Waals surface area contributed by atoms with E-state index in [0.717, 1.165) is 15.9 Å². The molecule has 21 heavy (non-hydrogen) atoms. The molecule has 1 aromatic carbocycles. The van der Waals surface area contributed by atoms with E-state index in [1.165, 1.54) is 17.5 Å². The predicted octanol–water partition coefficient (Wildman–Crippen LogP) is 2.66. The SMILES string of the molecule is O=c1cc(NC2CC2)cnn1CCOc1ccc(Br)cc1. The Hall–Kier alpha value is -1.82. The number of benzene rings is 1. The Morgan fingerprint density at radius 2 is 2.10 bits per heavy atom. The van der Waals surface area contributed by atoms with Crippen LogP contribution >= 0.6 is 15.9 Å². The van der Waals surface area contributed by atoms with Crippen molar-refractivity contribution in [3.05, 3.63) is 51.4 Å². The molecule has 0 spiro atoms. The van der Waals surface area contributed by atoms with Gasteiger partial charge in [0.1, 0.15) is 12.4 Å². The molecule has 0 unspecified atom stereocenters. The smallest absolute Gasteiger partial charge is 0.268 e. The number of aromatic nitrogens is 2. The van der Waals surface area contributed by atoms with Crippen molar-refractivity contribution in [3.63, 3.8) is 0 Å². The maximum absolute atomic E-state index is 11.9. The largest absolute Gasteiger partial charge is 0.492 e. The van der Waals surface area contributed by atoms with Gasteiger partial charge in [-0.1, -0.05) is 15.9 Å². The van der Waals surface area contributed by atoms with Crippen molar-refractivity contribution in [2.45, 2.75) is 25.4 Å². The van der Waals surface area contributed by atoms with Gasteiger partial charge in [0.15, 0.2) is 0 Å². The molecule has 5 nitrogen and oxygen atoms in total. The summed E-state index contributed by atoms with van der Waals surface area (Å²) in [7, 11) is 0.